The second kappa shape index (κ2) is 6.13. The Bertz CT molecular complexity index is 479. The van der Waals surface area contributed by atoms with Crippen LogP contribution >= 0.6 is 0 Å². The van der Waals surface area contributed by atoms with Crippen LogP contribution in [0.4, 0.5) is 0 Å². The predicted molar refractivity (Wildman–Crippen MR) is 77.1 cm³/mol. The van der Waals surface area contributed by atoms with Gasteiger partial charge in [0.15, 0.2) is 0 Å². The van der Waals surface area contributed by atoms with Crippen molar-refractivity contribution in [2.45, 2.75) is 26.8 Å². The second-order valence-electron chi connectivity index (χ2n) is 5.82. The van der Waals surface area contributed by atoms with Gasteiger partial charge in [-0.1, -0.05) is 26.8 Å². The molecule has 0 fully saturated rings. The number of benzene rings is 1. The van der Waals surface area contributed by atoms with Gasteiger partial charge in [-0.2, -0.15) is 0 Å². The normalized spacial score (nSPS) is 14.5. The molecule has 0 bridgehead atoms. The Hall–Kier alpha value is -1.75. The number of rotatable bonds is 5. The Morgan fingerprint density at radius 3 is 2.25 bits per heavy atom. The molecule has 0 amide bonds. The molecule has 0 saturated heterocycles. The fourth-order valence-electron chi connectivity index (χ4n) is 2.34. The van der Waals surface area contributed by atoms with Crippen molar-refractivity contribution in [3.8, 4) is 11.5 Å². The highest BCUT2D eigenvalue weighted by Crippen LogP contribution is 2.39. The van der Waals surface area contributed by atoms with E-state index < -0.39 is 23.3 Å². The van der Waals surface area contributed by atoms with Gasteiger partial charge in [-0.3, -0.25) is 4.79 Å². The van der Waals surface area contributed by atoms with Crippen LogP contribution < -0.4 is 15.2 Å². The number of aliphatic carboxylic acids is 1. The molecule has 5 nitrogen and oxygen atoms in total. The van der Waals surface area contributed by atoms with Crippen LogP contribution in [-0.2, 0) is 4.79 Å². The van der Waals surface area contributed by atoms with E-state index in [4.69, 9.17) is 15.2 Å². The summed E-state index contributed by atoms with van der Waals surface area (Å²) in [6.07, 6.45) is 0. The first-order valence-corrected chi connectivity index (χ1v) is 6.42. The molecule has 0 aliphatic carbocycles. The quantitative estimate of drug-likeness (QED) is 0.866. The summed E-state index contributed by atoms with van der Waals surface area (Å²) in [5, 5.41) is 9.46. The first kappa shape index (κ1) is 16.3. The third-order valence-electron chi connectivity index (χ3n) is 3.36. The van der Waals surface area contributed by atoms with Gasteiger partial charge in [-0.05, 0) is 11.5 Å². The van der Waals surface area contributed by atoms with Crippen LogP contribution in [0.3, 0.4) is 0 Å². The number of nitrogens with two attached hydrogens (primary N) is 1. The number of carboxylic acid groups (broad SMARTS) is 1. The van der Waals surface area contributed by atoms with E-state index in [0.717, 1.165) is 0 Å². The van der Waals surface area contributed by atoms with E-state index in [2.05, 4.69) is 0 Å². The number of hydrogen-bond acceptors (Lipinski definition) is 4. The molecular weight excluding hydrogens is 258 g/mol. The minimum Gasteiger partial charge on any atom is -0.497 e. The average Bonchev–Trinajstić information content (AvgIpc) is 2.35. The number of carboxylic acids is 1. The van der Waals surface area contributed by atoms with Gasteiger partial charge >= 0.3 is 5.97 Å². The largest absolute Gasteiger partial charge is 0.497 e. The fraction of sp³-hybridized carbons (Fsp3) is 0.533. The summed E-state index contributed by atoms with van der Waals surface area (Å²) < 4.78 is 10.4. The van der Waals surface area contributed by atoms with Crippen LogP contribution in [0.2, 0.25) is 0 Å². The van der Waals surface area contributed by atoms with Gasteiger partial charge in [0.25, 0.3) is 0 Å². The molecular formula is C15H23NO4. The van der Waals surface area contributed by atoms with E-state index in [1.807, 2.05) is 20.8 Å². The van der Waals surface area contributed by atoms with E-state index >= 15 is 0 Å². The monoisotopic (exact) mass is 281 g/mol. The Kier molecular flexibility index (Phi) is 5.00. The molecule has 2 atom stereocenters. The van der Waals surface area contributed by atoms with Gasteiger partial charge in [0.1, 0.15) is 11.5 Å². The van der Waals surface area contributed by atoms with Crippen molar-refractivity contribution in [2.75, 3.05) is 14.2 Å². The van der Waals surface area contributed by atoms with E-state index in [1.165, 1.54) is 7.11 Å². The zero-order chi connectivity index (χ0) is 15.5. The lowest BCUT2D eigenvalue weighted by Gasteiger charge is -2.32. The molecule has 0 radical (unpaired) electrons. The van der Waals surface area contributed by atoms with Crippen LogP contribution in [0.15, 0.2) is 18.2 Å². The van der Waals surface area contributed by atoms with Crippen LogP contribution in [0, 0.1) is 11.3 Å². The standard InChI is InChI=1S/C15H23NO4/c1-15(2,3)12(14(17)18)13(16)10-7-6-9(19-4)8-11(10)20-5/h6-8,12-13H,16H2,1-5H3,(H,17,18)/t12?,13-/m1/s1. The Labute approximate surface area is 119 Å². The smallest absolute Gasteiger partial charge is 0.308 e. The van der Waals surface area contributed by atoms with Gasteiger partial charge in [-0.25, -0.2) is 0 Å². The van der Waals surface area contributed by atoms with Gasteiger partial charge in [-0.15, -0.1) is 0 Å². The van der Waals surface area contributed by atoms with Crippen molar-refractivity contribution in [1.82, 2.24) is 0 Å². The minimum atomic E-state index is -0.914. The zero-order valence-electron chi connectivity index (χ0n) is 12.6. The molecule has 1 rings (SSSR count). The Morgan fingerprint density at radius 2 is 1.85 bits per heavy atom. The van der Waals surface area contributed by atoms with Crippen LogP contribution in [-0.4, -0.2) is 25.3 Å². The van der Waals surface area contributed by atoms with Crippen molar-refractivity contribution in [3.05, 3.63) is 23.8 Å². The van der Waals surface area contributed by atoms with E-state index in [0.29, 0.717) is 17.1 Å². The zero-order valence-corrected chi connectivity index (χ0v) is 12.6. The van der Waals surface area contributed by atoms with Gasteiger partial charge in [0, 0.05) is 17.7 Å². The summed E-state index contributed by atoms with van der Waals surface area (Å²) in [6.45, 7) is 5.59. The predicted octanol–water partition coefficient (Wildman–Crippen LogP) is 2.45. The number of methoxy groups -OCH3 is 2. The van der Waals surface area contributed by atoms with Crippen molar-refractivity contribution in [1.29, 1.82) is 0 Å². The topological polar surface area (TPSA) is 81.8 Å². The van der Waals surface area contributed by atoms with Gasteiger partial charge in [0.05, 0.1) is 20.1 Å². The van der Waals surface area contributed by atoms with Crippen molar-refractivity contribution in [3.63, 3.8) is 0 Å². The van der Waals surface area contributed by atoms with Crippen molar-refractivity contribution in [2.24, 2.45) is 17.1 Å². The second-order valence-corrected chi connectivity index (χ2v) is 5.82. The van der Waals surface area contributed by atoms with E-state index in [9.17, 15) is 9.90 Å². The highest BCUT2D eigenvalue weighted by molar-refractivity contribution is 5.72. The number of carbonyl (C=O) groups is 1. The lowest BCUT2D eigenvalue weighted by molar-refractivity contribution is -0.146. The molecule has 0 spiro atoms. The molecule has 0 saturated carbocycles. The van der Waals surface area contributed by atoms with Gasteiger partial charge in [0.2, 0.25) is 0 Å². The first-order chi connectivity index (χ1) is 9.22. The maximum absolute atomic E-state index is 11.5. The van der Waals surface area contributed by atoms with E-state index in [-0.39, 0.29) is 0 Å². The summed E-state index contributed by atoms with van der Waals surface area (Å²) in [7, 11) is 3.08. The van der Waals surface area contributed by atoms with E-state index in [1.54, 1.807) is 25.3 Å². The van der Waals surface area contributed by atoms with Crippen molar-refractivity contribution < 1.29 is 19.4 Å². The molecule has 0 aromatic heterocycles. The molecule has 5 heteroatoms. The molecule has 20 heavy (non-hydrogen) atoms. The number of hydrogen-bond donors (Lipinski definition) is 2. The van der Waals surface area contributed by atoms with Gasteiger partial charge < -0.3 is 20.3 Å². The number of ether oxygens (including phenoxy) is 2. The lowest BCUT2D eigenvalue weighted by Crippen LogP contribution is -2.38. The fourth-order valence-corrected chi connectivity index (χ4v) is 2.34. The van der Waals surface area contributed by atoms with Crippen molar-refractivity contribution >= 4 is 5.97 Å². The minimum absolute atomic E-state index is 0.462. The summed E-state index contributed by atoms with van der Waals surface area (Å²) in [5.41, 5.74) is 6.39. The summed E-state index contributed by atoms with van der Waals surface area (Å²) >= 11 is 0. The summed E-state index contributed by atoms with van der Waals surface area (Å²) in [4.78, 5) is 11.5. The summed E-state index contributed by atoms with van der Waals surface area (Å²) in [6, 6.07) is 4.55. The molecule has 0 aliphatic heterocycles. The van der Waals surface area contributed by atoms with Crippen LogP contribution in [0.5, 0.6) is 11.5 Å². The highest BCUT2D eigenvalue weighted by atomic mass is 16.5. The summed E-state index contributed by atoms with van der Waals surface area (Å²) in [5.74, 6) is -0.458. The molecule has 1 unspecified atom stereocenters. The first-order valence-electron chi connectivity index (χ1n) is 6.42. The SMILES string of the molecule is COc1ccc([C@@H](N)C(C(=O)O)C(C)(C)C)c(OC)c1. The molecule has 112 valence electrons. The molecule has 0 heterocycles. The average molecular weight is 281 g/mol. The molecule has 0 aliphatic rings. The third kappa shape index (κ3) is 3.42. The molecule has 1 aromatic rings. The maximum atomic E-state index is 11.5. The Morgan fingerprint density at radius 1 is 1.25 bits per heavy atom. The maximum Gasteiger partial charge on any atom is 0.308 e. The van der Waals surface area contributed by atoms with Crippen LogP contribution in [0.1, 0.15) is 32.4 Å². The highest BCUT2D eigenvalue weighted by Gasteiger charge is 2.38. The molecule has 3 N–H and O–H groups in total. The third-order valence-corrected chi connectivity index (χ3v) is 3.36. The molecule has 1 aromatic carbocycles. The Balaban J connectivity index is 3.25. The lowest BCUT2D eigenvalue weighted by atomic mass is 9.74. The van der Waals surface area contributed by atoms with Crippen LogP contribution in [0.25, 0.3) is 0 Å².